The van der Waals surface area contributed by atoms with Gasteiger partial charge in [0, 0.05) is 25.0 Å². The molecule has 2 heterocycles. The summed E-state index contributed by atoms with van der Waals surface area (Å²) >= 11 is 6.31. The fourth-order valence-corrected chi connectivity index (χ4v) is 2.95. The molecular formula is C19H22ClN3O3. The number of rotatable bonds is 6. The summed E-state index contributed by atoms with van der Waals surface area (Å²) in [4.78, 5) is 18.5. The van der Waals surface area contributed by atoms with Gasteiger partial charge in [0.05, 0.1) is 23.9 Å². The number of nitrogens with zero attached hydrogens (tertiary/aromatic N) is 2. The van der Waals surface area contributed by atoms with Gasteiger partial charge in [0.25, 0.3) is 0 Å². The Bertz CT molecular complexity index is 736. The number of carbonyl (C=O) groups excluding carboxylic acids is 1. The first-order chi connectivity index (χ1) is 12.6. The van der Waals surface area contributed by atoms with Crippen LogP contribution in [0.5, 0.6) is 5.75 Å². The van der Waals surface area contributed by atoms with Gasteiger partial charge in [0.15, 0.2) is 0 Å². The van der Waals surface area contributed by atoms with Crippen LogP contribution in [0, 0.1) is 0 Å². The van der Waals surface area contributed by atoms with Crippen molar-refractivity contribution in [2.24, 2.45) is 0 Å². The van der Waals surface area contributed by atoms with Crippen molar-refractivity contribution in [2.75, 3.05) is 31.6 Å². The number of carbonyl (C=O) groups is 1. The van der Waals surface area contributed by atoms with Crippen LogP contribution in [0.2, 0.25) is 5.02 Å². The van der Waals surface area contributed by atoms with Crippen LogP contribution < -0.4 is 10.1 Å². The summed E-state index contributed by atoms with van der Waals surface area (Å²) < 4.78 is 11.0. The van der Waals surface area contributed by atoms with E-state index in [-0.39, 0.29) is 11.9 Å². The maximum Gasteiger partial charge on any atom is 0.244 e. The summed E-state index contributed by atoms with van der Waals surface area (Å²) in [5.41, 5.74) is 1.60. The molecule has 7 heteroatoms. The number of amides is 1. The molecule has 0 spiro atoms. The summed E-state index contributed by atoms with van der Waals surface area (Å²) in [6.07, 6.45) is 1.72. The molecule has 0 aliphatic carbocycles. The average Bonchev–Trinajstić information content (AvgIpc) is 2.68. The second-order valence-electron chi connectivity index (χ2n) is 6.06. The molecule has 0 radical (unpaired) electrons. The van der Waals surface area contributed by atoms with Gasteiger partial charge in [0.2, 0.25) is 5.91 Å². The number of halogens is 1. The van der Waals surface area contributed by atoms with E-state index in [1.54, 1.807) is 18.3 Å². The zero-order chi connectivity index (χ0) is 18.4. The van der Waals surface area contributed by atoms with Gasteiger partial charge in [-0.1, -0.05) is 17.7 Å². The second-order valence-corrected chi connectivity index (χ2v) is 6.47. The highest BCUT2D eigenvalue weighted by molar-refractivity contribution is 6.32. The molecule has 1 amide bonds. The fourth-order valence-electron chi connectivity index (χ4n) is 2.71. The molecular weight excluding hydrogens is 354 g/mol. The van der Waals surface area contributed by atoms with Gasteiger partial charge >= 0.3 is 0 Å². The van der Waals surface area contributed by atoms with Gasteiger partial charge in [-0.05, 0) is 37.3 Å². The number of pyridine rings is 1. The van der Waals surface area contributed by atoms with E-state index < -0.39 is 0 Å². The molecule has 1 aromatic carbocycles. The third-order valence-electron chi connectivity index (χ3n) is 4.11. The van der Waals surface area contributed by atoms with E-state index in [1.807, 2.05) is 36.1 Å². The molecule has 0 unspecified atom stereocenters. The highest BCUT2D eigenvalue weighted by atomic mass is 35.5. The summed E-state index contributed by atoms with van der Waals surface area (Å²) in [6.45, 7) is 4.63. The lowest BCUT2D eigenvalue weighted by Crippen LogP contribution is -2.46. The first kappa shape index (κ1) is 18.5. The van der Waals surface area contributed by atoms with Crippen molar-refractivity contribution in [3.63, 3.8) is 0 Å². The molecule has 1 N–H and O–H groups in total. The lowest BCUT2D eigenvalue weighted by Gasteiger charge is -2.29. The van der Waals surface area contributed by atoms with E-state index in [9.17, 15) is 4.79 Å². The van der Waals surface area contributed by atoms with Crippen LogP contribution in [0.15, 0.2) is 42.6 Å². The zero-order valence-corrected chi connectivity index (χ0v) is 15.4. The second kappa shape index (κ2) is 8.87. The smallest absolute Gasteiger partial charge is 0.244 e. The lowest BCUT2D eigenvalue weighted by molar-refractivity contribution is -0.135. The minimum absolute atomic E-state index is 0.0555. The van der Waals surface area contributed by atoms with E-state index in [0.717, 1.165) is 11.4 Å². The van der Waals surface area contributed by atoms with E-state index >= 15 is 0 Å². The Labute approximate surface area is 158 Å². The van der Waals surface area contributed by atoms with Crippen LogP contribution in [0.25, 0.3) is 0 Å². The lowest BCUT2D eigenvalue weighted by atomic mass is 10.2. The number of nitrogens with one attached hydrogen (secondary N) is 1. The van der Waals surface area contributed by atoms with E-state index in [0.29, 0.717) is 43.7 Å². The SMILES string of the molecule is C[C@H](Nc1ccc(OCc2ccccn2)c(Cl)c1)C(=O)N1CCOCC1. The number of anilines is 1. The average molecular weight is 376 g/mol. The van der Waals surface area contributed by atoms with Crippen LogP contribution in [-0.4, -0.2) is 48.1 Å². The molecule has 6 nitrogen and oxygen atoms in total. The van der Waals surface area contributed by atoms with Crippen LogP contribution >= 0.6 is 11.6 Å². The number of hydrogen-bond donors (Lipinski definition) is 1. The Balaban J connectivity index is 1.57. The quantitative estimate of drug-likeness (QED) is 0.841. The van der Waals surface area contributed by atoms with E-state index in [1.165, 1.54) is 0 Å². The normalized spacial score (nSPS) is 15.4. The molecule has 2 aromatic rings. The predicted octanol–water partition coefficient (Wildman–Crippen LogP) is 2.97. The Hall–Kier alpha value is -2.31. The maximum absolute atomic E-state index is 12.5. The third-order valence-corrected chi connectivity index (χ3v) is 4.41. The number of benzene rings is 1. The van der Waals surface area contributed by atoms with Crippen molar-refractivity contribution >= 4 is 23.2 Å². The molecule has 26 heavy (non-hydrogen) atoms. The van der Waals surface area contributed by atoms with Crippen molar-refractivity contribution < 1.29 is 14.3 Å². The van der Waals surface area contributed by atoms with Crippen LogP contribution in [-0.2, 0) is 16.1 Å². The van der Waals surface area contributed by atoms with E-state index in [2.05, 4.69) is 10.3 Å². The monoisotopic (exact) mass is 375 g/mol. The van der Waals surface area contributed by atoms with Crippen molar-refractivity contribution in [1.82, 2.24) is 9.88 Å². The predicted molar refractivity (Wildman–Crippen MR) is 101 cm³/mol. The summed E-state index contributed by atoms with van der Waals surface area (Å²) in [6, 6.07) is 10.7. The topological polar surface area (TPSA) is 63.7 Å². The van der Waals surface area contributed by atoms with Gasteiger partial charge in [-0.25, -0.2) is 0 Å². The van der Waals surface area contributed by atoms with Crippen molar-refractivity contribution in [2.45, 2.75) is 19.6 Å². The van der Waals surface area contributed by atoms with Crippen LogP contribution in [0.4, 0.5) is 5.69 Å². The largest absolute Gasteiger partial charge is 0.486 e. The van der Waals surface area contributed by atoms with Gasteiger partial charge in [-0.3, -0.25) is 9.78 Å². The summed E-state index contributed by atoms with van der Waals surface area (Å²) in [5.74, 6) is 0.634. The molecule has 138 valence electrons. The Morgan fingerprint density at radius 1 is 1.35 bits per heavy atom. The van der Waals surface area contributed by atoms with Crippen molar-refractivity contribution in [3.05, 3.63) is 53.3 Å². The minimum Gasteiger partial charge on any atom is -0.486 e. The van der Waals surface area contributed by atoms with Gasteiger partial charge in [-0.2, -0.15) is 0 Å². The highest BCUT2D eigenvalue weighted by Crippen LogP contribution is 2.28. The molecule has 1 aromatic heterocycles. The molecule has 1 aliphatic rings. The highest BCUT2D eigenvalue weighted by Gasteiger charge is 2.22. The van der Waals surface area contributed by atoms with Gasteiger partial charge in [0.1, 0.15) is 18.4 Å². The molecule has 1 fully saturated rings. The molecule has 3 rings (SSSR count). The van der Waals surface area contributed by atoms with Crippen LogP contribution in [0.1, 0.15) is 12.6 Å². The standard InChI is InChI=1S/C19H22ClN3O3/c1-14(19(24)23-8-10-25-11-9-23)22-15-5-6-18(17(20)12-15)26-13-16-4-2-3-7-21-16/h2-7,12,14,22H,8-11,13H2,1H3/t14-/m0/s1. The maximum atomic E-state index is 12.5. The number of ether oxygens (including phenoxy) is 2. The number of morpholine rings is 1. The van der Waals surface area contributed by atoms with Gasteiger partial charge in [-0.15, -0.1) is 0 Å². The summed E-state index contributed by atoms with van der Waals surface area (Å²) in [5, 5.41) is 3.68. The van der Waals surface area contributed by atoms with Crippen LogP contribution in [0.3, 0.4) is 0 Å². The molecule has 1 saturated heterocycles. The first-order valence-electron chi connectivity index (χ1n) is 8.59. The molecule has 1 aliphatic heterocycles. The minimum atomic E-state index is -0.343. The number of hydrogen-bond acceptors (Lipinski definition) is 5. The Morgan fingerprint density at radius 3 is 2.85 bits per heavy atom. The zero-order valence-electron chi connectivity index (χ0n) is 14.7. The Morgan fingerprint density at radius 2 is 2.15 bits per heavy atom. The fraction of sp³-hybridized carbons (Fsp3) is 0.368. The Kier molecular flexibility index (Phi) is 6.30. The third kappa shape index (κ3) is 4.86. The molecule has 0 bridgehead atoms. The van der Waals surface area contributed by atoms with E-state index in [4.69, 9.17) is 21.1 Å². The summed E-state index contributed by atoms with van der Waals surface area (Å²) in [7, 11) is 0. The van der Waals surface area contributed by atoms with Crippen molar-refractivity contribution in [1.29, 1.82) is 0 Å². The first-order valence-corrected chi connectivity index (χ1v) is 8.96. The van der Waals surface area contributed by atoms with Gasteiger partial charge < -0.3 is 19.7 Å². The van der Waals surface area contributed by atoms with Crippen molar-refractivity contribution in [3.8, 4) is 5.75 Å². The number of aromatic nitrogens is 1. The molecule has 0 saturated carbocycles. The molecule has 1 atom stereocenters.